The molecule has 1 unspecified atom stereocenters. The van der Waals surface area contributed by atoms with Crippen LogP contribution in [-0.4, -0.2) is 36.7 Å². The van der Waals surface area contributed by atoms with Gasteiger partial charge < -0.3 is 4.90 Å². The van der Waals surface area contributed by atoms with Gasteiger partial charge in [-0.15, -0.1) is 3.89 Å². The second-order valence-corrected chi connectivity index (χ2v) is 8.42. The molecule has 1 saturated heterocycles. The summed E-state index contributed by atoms with van der Waals surface area (Å²) in [5.74, 6) is 0.155. The minimum Gasteiger partial charge on any atom is -0.339 e. The number of benzene rings is 2. The standard InChI is InChI=1S/C19H15F4N3O2S/c20-19(21,22)13-5-3-4-12(10-13)17-15-6-1-2-7-16(15)24-18(25-17)26-9-8-14(11-26)29(23,27)28/h1-7,10,14H,8-9,11H2. The zero-order chi connectivity index (χ0) is 20.8. The smallest absolute Gasteiger partial charge is 0.339 e. The summed E-state index contributed by atoms with van der Waals surface area (Å²) in [7, 11) is -4.69. The number of hydrogen-bond donors (Lipinski definition) is 0. The van der Waals surface area contributed by atoms with Crippen molar-refractivity contribution >= 4 is 27.1 Å². The Morgan fingerprint density at radius 2 is 1.79 bits per heavy atom. The molecule has 10 heteroatoms. The molecule has 0 amide bonds. The van der Waals surface area contributed by atoms with Crippen molar-refractivity contribution in [3.8, 4) is 11.3 Å². The first kappa shape index (κ1) is 19.6. The van der Waals surface area contributed by atoms with Gasteiger partial charge in [0.2, 0.25) is 5.95 Å². The molecule has 0 spiro atoms. The maximum Gasteiger partial charge on any atom is 0.416 e. The molecule has 1 aliphatic rings. The van der Waals surface area contributed by atoms with Gasteiger partial charge in [0.05, 0.1) is 16.8 Å². The normalized spacial score (nSPS) is 17.8. The van der Waals surface area contributed by atoms with Crippen LogP contribution in [-0.2, 0) is 16.4 Å². The molecule has 1 fully saturated rings. The fourth-order valence-corrected chi connectivity index (χ4v) is 4.15. The number of aromatic nitrogens is 2. The predicted molar refractivity (Wildman–Crippen MR) is 101 cm³/mol. The van der Waals surface area contributed by atoms with E-state index in [2.05, 4.69) is 9.97 Å². The van der Waals surface area contributed by atoms with E-state index in [1.165, 1.54) is 17.0 Å². The van der Waals surface area contributed by atoms with E-state index in [-0.39, 0.29) is 31.0 Å². The van der Waals surface area contributed by atoms with Crippen LogP contribution in [0.15, 0.2) is 48.5 Å². The van der Waals surface area contributed by atoms with Gasteiger partial charge in [0.1, 0.15) is 5.25 Å². The fourth-order valence-electron chi connectivity index (χ4n) is 3.41. The van der Waals surface area contributed by atoms with Gasteiger partial charge >= 0.3 is 16.4 Å². The number of halogens is 4. The first-order valence-corrected chi connectivity index (χ1v) is 10.2. The largest absolute Gasteiger partial charge is 0.416 e. The monoisotopic (exact) mass is 425 g/mol. The molecule has 152 valence electrons. The molecular formula is C19H15F4N3O2S. The topological polar surface area (TPSA) is 63.2 Å². The molecule has 4 rings (SSSR count). The van der Waals surface area contributed by atoms with Crippen molar-refractivity contribution in [2.24, 2.45) is 0 Å². The molecule has 0 radical (unpaired) electrons. The van der Waals surface area contributed by atoms with Crippen LogP contribution in [0.4, 0.5) is 23.0 Å². The van der Waals surface area contributed by atoms with Crippen molar-refractivity contribution in [2.75, 3.05) is 18.0 Å². The highest BCUT2D eigenvalue weighted by Gasteiger charge is 2.35. The average Bonchev–Trinajstić information content (AvgIpc) is 3.17. The van der Waals surface area contributed by atoms with Crippen LogP contribution in [0.5, 0.6) is 0 Å². The number of anilines is 1. The third-order valence-electron chi connectivity index (χ3n) is 4.88. The Hall–Kier alpha value is -2.75. The molecule has 0 aliphatic carbocycles. The quantitative estimate of drug-likeness (QED) is 0.465. The van der Waals surface area contributed by atoms with Crippen molar-refractivity contribution in [3.63, 3.8) is 0 Å². The summed E-state index contributed by atoms with van der Waals surface area (Å²) in [5, 5.41) is -0.612. The van der Waals surface area contributed by atoms with E-state index in [0.717, 1.165) is 12.1 Å². The van der Waals surface area contributed by atoms with Gasteiger partial charge in [0.15, 0.2) is 0 Å². The van der Waals surface area contributed by atoms with Crippen molar-refractivity contribution < 1.29 is 25.5 Å². The Morgan fingerprint density at radius 1 is 1.03 bits per heavy atom. The number of para-hydroxylation sites is 1. The van der Waals surface area contributed by atoms with Gasteiger partial charge in [0, 0.05) is 24.0 Å². The lowest BCUT2D eigenvalue weighted by molar-refractivity contribution is -0.137. The highest BCUT2D eigenvalue weighted by Crippen LogP contribution is 2.34. The van der Waals surface area contributed by atoms with Crippen LogP contribution < -0.4 is 4.90 Å². The van der Waals surface area contributed by atoms with Crippen molar-refractivity contribution in [3.05, 3.63) is 54.1 Å². The van der Waals surface area contributed by atoms with E-state index in [1.54, 1.807) is 24.3 Å². The van der Waals surface area contributed by atoms with Gasteiger partial charge in [-0.3, -0.25) is 0 Å². The molecule has 29 heavy (non-hydrogen) atoms. The summed E-state index contributed by atoms with van der Waals surface area (Å²) in [5.41, 5.74) is 0.247. The second kappa shape index (κ2) is 6.94. The molecule has 0 bridgehead atoms. The number of alkyl halides is 3. The summed E-state index contributed by atoms with van der Waals surface area (Å²) in [6, 6.07) is 11.7. The Balaban J connectivity index is 1.83. The third-order valence-corrected chi connectivity index (χ3v) is 6.06. The lowest BCUT2D eigenvalue weighted by atomic mass is 10.0. The van der Waals surface area contributed by atoms with Crippen LogP contribution in [0, 0.1) is 0 Å². The highest BCUT2D eigenvalue weighted by molar-refractivity contribution is 7.87. The molecule has 1 atom stereocenters. The van der Waals surface area contributed by atoms with E-state index >= 15 is 0 Å². The van der Waals surface area contributed by atoms with Crippen LogP contribution in [0.1, 0.15) is 12.0 Å². The van der Waals surface area contributed by atoms with E-state index in [0.29, 0.717) is 16.6 Å². The van der Waals surface area contributed by atoms with E-state index in [9.17, 15) is 25.5 Å². The van der Waals surface area contributed by atoms with E-state index in [4.69, 9.17) is 0 Å². The molecule has 0 saturated carbocycles. The molecule has 2 aromatic carbocycles. The molecule has 0 N–H and O–H groups in total. The van der Waals surface area contributed by atoms with Crippen molar-refractivity contribution in [1.82, 2.24) is 9.97 Å². The Labute approximate surface area is 164 Å². The fraction of sp³-hybridized carbons (Fsp3) is 0.263. The van der Waals surface area contributed by atoms with Crippen molar-refractivity contribution in [1.29, 1.82) is 0 Å². The van der Waals surface area contributed by atoms with Crippen LogP contribution in [0.2, 0.25) is 0 Å². The van der Waals surface area contributed by atoms with Gasteiger partial charge in [0.25, 0.3) is 0 Å². The number of nitrogens with zero attached hydrogens (tertiary/aromatic N) is 3. The minimum atomic E-state index is -4.69. The summed E-state index contributed by atoms with van der Waals surface area (Å²) < 4.78 is 75.2. The second-order valence-electron chi connectivity index (χ2n) is 6.80. The van der Waals surface area contributed by atoms with Crippen LogP contribution in [0.25, 0.3) is 22.2 Å². The lowest BCUT2D eigenvalue weighted by Crippen LogP contribution is -2.26. The number of fused-ring (bicyclic) bond motifs is 1. The highest BCUT2D eigenvalue weighted by atomic mass is 32.3. The predicted octanol–water partition coefficient (Wildman–Crippen LogP) is 4.19. The number of hydrogen-bond acceptors (Lipinski definition) is 5. The first-order valence-electron chi connectivity index (χ1n) is 8.76. The molecule has 2 heterocycles. The zero-order valence-electron chi connectivity index (χ0n) is 14.9. The zero-order valence-corrected chi connectivity index (χ0v) is 15.7. The molecular weight excluding hydrogens is 410 g/mol. The lowest BCUT2D eigenvalue weighted by Gasteiger charge is -2.18. The number of rotatable bonds is 3. The van der Waals surface area contributed by atoms with Gasteiger partial charge in [-0.2, -0.15) is 21.6 Å². The van der Waals surface area contributed by atoms with Crippen LogP contribution >= 0.6 is 0 Å². The average molecular weight is 425 g/mol. The SMILES string of the molecule is O=S(=O)(F)C1CCN(c2nc(-c3cccc(C(F)(F)F)c3)c3ccccc3n2)C1. The Bertz CT molecular complexity index is 1180. The summed E-state index contributed by atoms with van der Waals surface area (Å²) in [6.45, 7) is 0.118. The summed E-state index contributed by atoms with van der Waals surface area (Å²) >= 11 is 0. The maximum atomic E-state index is 13.3. The van der Waals surface area contributed by atoms with E-state index < -0.39 is 27.2 Å². The van der Waals surface area contributed by atoms with Crippen molar-refractivity contribution in [2.45, 2.75) is 17.8 Å². The van der Waals surface area contributed by atoms with Gasteiger partial charge in [-0.1, -0.05) is 30.3 Å². The summed E-state index contributed by atoms with van der Waals surface area (Å²) in [6.07, 6.45) is -4.41. The molecule has 1 aromatic heterocycles. The first-order chi connectivity index (χ1) is 13.6. The van der Waals surface area contributed by atoms with E-state index in [1.807, 2.05) is 0 Å². The molecule has 5 nitrogen and oxygen atoms in total. The third kappa shape index (κ3) is 3.89. The van der Waals surface area contributed by atoms with Gasteiger partial charge in [-0.25, -0.2) is 9.97 Å². The molecule has 3 aromatic rings. The Morgan fingerprint density at radius 3 is 2.48 bits per heavy atom. The van der Waals surface area contributed by atoms with Gasteiger partial charge in [-0.05, 0) is 24.6 Å². The minimum absolute atomic E-state index is 0.0912. The summed E-state index contributed by atoms with van der Waals surface area (Å²) in [4.78, 5) is 10.4. The maximum absolute atomic E-state index is 13.3. The Kier molecular flexibility index (Phi) is 4.68. The van der Waals surface area contributed by atoms with Crippen LogP contribution in [0.3, 0.4) is 0 Å². The molecule has 1 aliphatic heterocycles.